The fraction of sp³-hybridized carbons (Fsp3) is 0.182. The number of anilines is 1. The minimum absolute atomic E-state index is 0.0414. The molecule has 2 heterocycles. The lowest BCUT2D eigenvalue weighted by Crippen LogP contribution is -2.23. The summed E-state index contributed by atoms with van der Waals surface area (Å²) in [5.41, 5.74) is 11.0. The molecule has 2 rings (SSSR count). The summed E-state index contributed by atoms with van der Waals surface area (Å²) in [6.45, 7) is 0. The molecule has 0 aliphatic rings. The lowest BCUT2D eigenvalue weighted by Gasteiger charge is -2.08. The number of primary amides is 1. The molecule has 0 aromatic carbocycles. The summed E-state index contributed by atoms with van der Waals surface area (Å²) in [7, 11) is 3.23. The summed E-state index contributed by atoms with van der Waals surface area (Å²) in [6, 6.07) is 3.05. The zero-order valence-electron chi connectivity index (χ0n) is 10.9. The molecule has 0 aliphatic carbocycles. The molecular weight excluding hydrogens is 262 g/mol. The number of carbonyl (C=O) groups excluding carboxylic acids is 2. The van der Waals surface area contributed by atoms with Gasteiger partial charge in [-0.1, -0.05) is 0 Å². The number of nitrogen functional groups attached to an aromatic ring is 1. The highest BCUT2D eigenvalue weighted by atomic mass is 16.2. The molecular formula is C11H13N7O2. The standard InChI is InChI=1S/C11H13N7O2/c1-17(2)11(20)7-3-4-8(15-14-7)18-5-6(12)9(16-18)10(13)19/h3-5H,12H2,1-2H3,(H2,13,19). The second-order valence-electron chi connectivity index (χ2n) is 4.22. The van der Waals surface area contributed by atoms with E-state index in [1.165, 1.54) is 21.8 Å². The summed E-state index contributed by atoms with van der Waals surface area (Å²) in [5, 5.41) is 11.6. The van der Waals surface area contributed by atoms with Crippen molar-refractivity contribution in [2.24, 2.45) is 5.73 Å². The Labute approximate surface area is 114 Å². The Balaban J connectivity index is 2.33. The molecule has 9 nitrogen and oxygen atoms in total. The number of hydrogen-bond acceptors (Lipinski definition) is 6. The highest BCUT2D eigenvalue weighted by Gasteiger charge is 2.14. The molecule has 0 saturated carbocycles. The van der Waals surface area contributed by atoms with E-state index in [2.05, 4.69) is 15.3 Å². The summed E-state index contributed by atoms with van der Waals surface area (Å²) >= 11 is 0. The van der Waals surface area contributed by atoms with E-state index in [1.807, 2.05) is 0 Å². The van der Waals surface area contributed by atoms with Crippen LogP contribution in [0.2, 0.25) is 0 Å². The van der Waals surface area contributed by atoms with E-state index < -0.39 is 5.91 Å². The lowest BCUT2D eigenvalue weighted by atomic mass is 10.3. The summed E-state index contributed by atoms with van der Waals surface area (Å²) < 4.78 is 1.27. The van der Waals surface area contributed by atoms with E-state index in [-0.39, 0.29) is 23.0 Å². The van der Waals surface area contributed by atoms with Gasteiger partial charge in [0.25, 0.3) is 11.8 Å². The SMILES string of the molecule is CN(C)C(=O)c1ccc(-n2cc(N)c(C(N)=O)n2)nn1. The van der Waals surface area contributed by atoms with Gasteiger partial charge in [-0.2, -0.15) is 5.10 Å². The Bertz CT molecular complexity index is 660. The average Bonchev–Trinajstić information content (AvgIpc) is 2.80. The number of carbonyl (C=O) groups is 2. The number of amides is 2. The monoisotopic (exact) mass is 275 g/mol. The molecule has 2 aromatic heterocycles. The smallest absolute Gasteiger partial charge is 0.273 e. The number of nitrogens with zero attached hydrogens (tertiary/aromatic N) is 5. The molecule has 2 aromatic rings. The molecule has 0 atom stereocenters. The summed E-state index contributed by atoms with van der Waals surface area (Å²) in [6.07, 6.45) is 1.40. The van der Waals surface area contributed by atoms with Gasteiger partial charge in [0, 0.05) is 14.1 Å². The van der Waals surface area contributed by atoms with Gasteiger partial charge >= 0.3 is 0 Å². The molecule has 2 amide bonds. The molecule has 20 heavy (non-hydrogen) atoms. The van der Waals surface area contributed by atoms with Gasteiger partial charge in [-0.05, 0) is 12.1 Å². The number of hydrogen-bond donors (Lipinski definition) is 2. The molecule has 0 unspecified atom stereocenters. The first-order valence-corrected chi connectivity index (χ1v) is 5.61. The Morgan fingerprint density at radius 3 is 2.40 bits per heavy atom. The maximum atomic E-state index is 11.7. The number of rotatable bonds is 3. The Kier molecular flexibility index (Phi) is 3.34. The highest BCUT2D eigenvalue weighted by molar-refractivity contribution is 5.95. The minimum Gasteiger partial charge on any atom is -0.396 e. The van der Waals surface area contributed by atoms with Crippen molar-refractivity contribution in [3.05, 3.63) is 29.7 Å². The van der Waals surface area contributed by atoms with Crippen LogP contribution in [0.15, 0.2) is 18.3 Å². The zero-order chi connectivity index (χ0) is 14.9. The maximum Gasteiger partial charge on any atom is 0.273 e. The van der Waals surface area contributed by atoms with E-state index in [9.17, 15) is 9.59 Å². The predicted molar refractivity (Wildman–Crippen MR) is 70.1 cm³/mol. The van der Waals surface area contributed by atoms with Crippen LogP contribution in [-0.2, 0) is 0 Å². The van der Waals surface area contributed by atoms with E-state index in [4.69, 9.17) is 11.5 Å². The van der Waals surface area contributed by atoms with Gasteiger partial charge in [-0.25, -0.2) is 4.68 Å². The van der Waals surface area contributed by atoms with Crippen molar-refractivity contribution in [3.8, 4) is 5.82 Å². The van der Waals surface area contributed by atoms with Crippen LogP contribution < -0.4 is 11.5 Å². The molecule has 0 aliphatic heterocycles. The van der Waals surface area contributed by atoms with Gasteiger partial charge in [0.1, 0.15) is 0 Å². The van der Waals surface area contributed by atoms with Crippen molar-refractivity contribution < 1.29 is 9.59 Å². The third-order valence-electron chi connectivity index (χ3n) is 2.49. The fourth-order valence-corrected chi connectivity index (χ4v) is 1.49. The fourth-order valence-electron chi connectivity index (χ4n) is 1.49. The number of nitrogens with two attached hydrogens (primary N) is 2. The number of aromatic nitrogens is 4. The summed E-state index contributed by atoms with van der Waals surface area (Å²) in [5.74, 6) is -0.671. The molecule has 0 fully saturated rings. The quantitative estimate of drug-likeness (QED) is 0.741. The molecule has 0 bridgehead atoms. The van der Waals surface area contributed by atoms with E-state index >= 15 is 0 Å². The van der Waals surface area contributed by atoms with Crippen LogP contribution in [0.4, 0.5) is 5.69 Å². The maximum absolute atomic E-state index is 11.7. The Morgan fingerprint density at radius 2 is 1.95 bits per heavy atom. The van der Waals surface area contributed by atoms with Crippen LogP contribution >= 0.6 is 0 Å². The van der Waals surface area contributed by atoms with Crippen molar-refractivity contribution in [2.45, 2.75) is 0 Å². The van der Waals surface area contributed by atoms with Crippen molar-refractivity contribution in [3.63, 3.8) is 0 Å². The molecule has 0 radical (unpaired) electrons. The van der Waals surface area contributed by atoms with Crippen LogP contribution in [0.1, 0.15) is 21.0 Å². The van der Waals surface area contributed by atoms with Crippen LogP contribution in [0, 0.1) is 0 Å². The van der Waals surface area contributed by atoms with E-state index in [0.717, 1.165) is 0 Å². The van der Waals surface area contributed by atoms with Crippen LogP contribution in [0.3, 0.4) is 0 Å². The van der Waals surface area contributed by atoms with E-state index in [0.29, 0.717) is 5.82 Å². The first kappa shape index (κ1) is 13.5. The zero-order valence-corrected chi connectivity index (χ0v) is 10.9. The van der Waals surface area contributed by atoms with Crippen molar-refractivity contribution >= 4 is 17.5 Å². The third kappa shape index (κ3) is 2.41. The second kappa shape index (κ2) is 4.96. The van der Waals surface area contributed by atoms with Gasteiger partial charge in [-0.3, -0.25) is 9.59 Å². The van der Waals surface area contributed by atoms with E-state index in [1.54, 1.807) is 20.2 Å². The van der Waals surface area contributed by atoms with Gasteiger partial charge in [-0.15, -0.1) is 10.2 Å². The third-order valence-corrected chi connectivity index (χ3v) is 2.49. The van der Waals surface area contributed by atoms with Crippen molar-refractivity contribution in [1.29, 1.82) is 0 Å². The van der Waals surface area contributed by atoms with Gasteiger partial charge in [0.2, 0.25) is 0 Å². The highest BCUT2D eigenvalue weighted by Crippen LogP contribution is 2.12. The Hall–Kier alpha value is -2.97. The molecule has 9 heteroatoms. The predicted octanol–water partition coefficient (Wildman–Crippen LogP) is -0.955. The topological polar surface area (TPSA) is 133 Å². The Morgan fingerprint density at radius 1 is 1.25 bits per heavy atom. The molecule has 4 N–H and O–H groups in total. The van der Waals surface area contributed by atoms with Crippen molar-refractivity contribution in [2.75, 3.05) is 19.8 Å². The van der Waals surface area contributed by atoms with Gasteiger partial charge in [0.15, 0.2) is 17.2 Å². The first-order valence-electron chi connectivity index (χ1n) is 5.61. The first-order chi connectivity index (χ1) is 9.40. The van der Waals surface area contributed by atoms with Crippen molar-refractivity contribution in [1.82, 2.24) is 24.9 Å². The molecule has 0 spiro atoms. The van der Waals surface area contributed by atoms with Crippen LogP contribution in [-0.4, -0.2) is 50.8 Å². The lowest BCUT2D eigenvalue weighted by molar-refractivity contribution is 0.0820. The average molecular weight is 275 g/mol. The minimum atomic E-state index is -0.728. The molecule has 104 valence electrons. The van der Waals surface area contributed by atoms with Crippen LogP contribution in [0.25, 0.3) is 5.82 Å². The van der Waals surface area contributed by atoms with Gasteiger partial charge in [0.05, 0.1) is 11.9 Å². The van der Waals surface area contributed by atoms with Crippen LogP contribution in [0.5, 0.6) is 0 Å². The normalized spacial score (nSPS) is 10.3. The summed E-state index contributed by atoms with van der Waals surface area (Å²) in [4.78, 5) is 24.1. The van der Waals surface area contributed by atoms with Gasteiger partial charge < -0.3 is 16.4 Å². The second-order valence-corrected chi connectivity index (χ2v) is 4.22. The largest absolute Gasteiger partial charge is 0.396 e. The molecule has 0 saturated heterocycles.